The second-order valence-electron chi connectivity index (χ2n) is 4.42. The number of nitrogens with zero attached hydrogens (tertiary/aromatic N) is 1. The smallest absolute Gasteiger partial charge is 0.226 e. The van der Waals surface area contributed by atoms with E-state index in [0.29, 0.717) is 12.5 Å². The molecule has 1 rings (SSSR count). The van der Waals surface area contributed by atoms with Crippen LogP contribution >= 0.6 is 12.4 Å². The zero-order valence-electron chi connectivity index (χ0n) is 10.3. The molecule has 1 aliphatic rings. The summed E-state index contributed by atoms with van der Waals surface area (Å²) in [6.45, 7) is 9.75. The van der Waals surface area contributed by atoms with Crippen LogP contribution in [0.25, 0.3) is 0 Å². The summed E-state index contributed by atoms with van der Waals surface area (Å²) in [6.07, 6.45) is 6.12. The fourth-order valence-electron chi connectivity index (χ4n) is 2.18. The van der Waals surface area contributed by atoms with Crippen molar-refractivity contribution in [1.82, 2.24) is 4.90 Å². The Morgan fingerprint density at radius 2 is 2.00 bits per heavy atom. The number of carbonyl (C=O) groups excluding carboxylic acids is 1. The third-order valence-electron chi connectivity index (χ3n) is 3.18. The largest absolute Gasteiger partial charge is 0.342 e. The second kappa shape index (κ2) is 8.31. The predicted octanol–water partition coefficient (Wildman–Crippen LogP) is 1.98. The van der Waals surface area contributed by atoms with E-state index in [1.54, 1.807) is 0 Å². The molecule has 0 aromatic rings. The van der Waals surface area contributed by atoms with Crippen LogP contribution in [0.4, 0.5) is 0 Å². The maximum Gasteiger partial charge on any atom is 0.226 e. The summed E-state index contributed by atoms with van der Waals surface area (Å²) in [5.74, 6) is 0.735. The van der Waals surface area contributed by atoms with Gasteiger partial charge >= 0.3 is 0 Å². The van der Waals surface area contributed by atoms with Crippen LogP contribution < -0.4 is 5.73 Å². The van der Waals surface area contributed by atoms with Gasteiger partial charge in [0.25, 0.3) is 0 Å². The minimum absolute atomic E-state index is 0. The number of allylic oxidation sites excluding steroid dienone is 2. The molecule has 1 unspecified atom stereocenters. The molecule has 0 saturated carbocycles. The number of rotatable bonds is 6. The van der Waals surface area contributed by atoms with Gasteiger partial charge in [-0.2, -0.15) is 0 Å². The first-order chi connectivity index (χ1) is 7.72. The van der Waals surface area contributed by atoms with Gasteiger partial charge in [-0.1, -0.05) is 12.2 Å². The number of hydrogen-bond acceptors (Lipinski definition) is 2. The summed E-state index contributed by atoms with van der Waals surface area (Å²) >= 11 is 0. The average Bonchev–Trinajstić information content (AvgIpc) is 2.76. The Morgan fingerprint density at radius 3 is 2.41 bits per heavy atom. The molecule has 17 heavy (non-hydrogen) atoms. The number of hydrogen-bond donors (Lipinski definition) is 1. The lowest BCUT2D eigenvalue weighted by Crippen LogP contribution is -2.34. The fourth-order valence-corrected chi connectivity index (χ4v) is 2.18. The van der Waals surface area contributed by atoms with Crippen LogP contribution in [-0.2, 0) is 4.79 Å². The zero-order valence-corrected chi connectivity index (χ0v) is 11.1. The number of nitrogens with two attached hydrogens (primary N) is 1. The van der Waals surface area contributed by atoms with Crippen molar-refractivity contribution < 1.29 is 4.79 Å². The van der Waals surface area contributed by atoms with Gasteiger partial charge in [-0.3, -0.25) is 4.79 Å². The molecule has 1 heterocycles. The Hall–Kier alpha value is -0.800. The summed E-state index contributed by atoms with van der Waals surface area (Å²) in [6, 6.07) is 0. The maximum atomic E-state index is 12.2. The topological polar surface area (TPSA) is 46.3 Å². The Bertz CT molecular complexity index is 258. The van der Waals surface area contributed by atoms with Crippen LogP contribution in [0, 0.1) is 11.8 Å². The standard InChI is InChI=1S/C13H22N2O.ClH/c1-3-5-12(6-4-2)13(16)15-8-7-11(9-14)10-15;/h3-4,11-12H,1-2,5-10,14H2;1H. The van der Waals surface area contributed by atoms with E-state index in [1.165, 1.54) is 0 Å². The number of halogens is 1. The van der Waals surface area contributed by atoms with Crippen LogP contribution in [-0.4, -0.2) is 30.4 Å². The van der Waals surface area contributed by atoms with Gasteiger partial charge in [0, 0.05) is 19.0 Å². The predicted molar refractivity (Wildman–Crippen MR) is 74.1 cm³/mol. The van der Waals surface area contributed by atoms with Gasteiger partial charge in [-0.05, 0) is 31.7 Å². The first-order valence-electron chi connectivity index (χ1n) is 5.93. The van der Waals surface area contributed by atoms with Crippen molar-refractivity contribution in [2.45, 2.75) is 19.3 Å². The molecule has 1 aliphatic heterocycles. The monoisotopic (exact) mass is 258 g/mol. The molecule has 0 bridgehead atoms. The maximum absolute atomic E-state index is 12.2. The van der Waals surface area contributed by atoms with Gasteiger partial charge in [-0.25, -0.2) is 0 Å². The summed E-state index contributed by atoms with van der Waals surface area (Å²) in [5, 5.41) is 0. The molecule has 0 aromatic carbocycles. The van der Waals surface area contributed by atoms with Crippen molar-refractivity contribution in [2.75, 3.05) is 19.6 Å². The number of carbonyl (C=O) groups is 1. The lowest BCUT2D eigenvalue weighted by Gasteiger charge is -2.22. The van der Waals surface area contributed by atoms with Crippen LogP contribution in [0.3, 0.4) is 0 Å². The normalized spacial score (nSPS) is 18.9. The van der Waals surface area contributed by atoms with Gasteiger partial charge in [0.05, 0.1) is 0 Å². The molecular weight excluding hydrogens is 236 g/mol. The van der Waals surface area contributed by atoms with Crippen LogP contribution in [0.15, 0.2) is 25.3 Å². The van der Waals surface area contributed by atoms with E-state index in [9.17, 15) is 4.79 Å². The summed E-state index contributed by atoms with van der Waals surface area (Å²) in [4.78, 5) is 14.1. The Morgan fingerprint density at radius 1 is 1.41 bits per heavy atom. The van der Waals surface area contributed by atoms with E-state index >= 15 is 0 Å². The van der Waals surface area contributed by atoms with E-state index in [-0.39, 0.29) is 24.2 Å². The third kappa shape index (κ3) is 4.52. The molecule has 1 amide bonds. The fraction of sp³-hybridized carbons (Fsp3) is 0.615. The first kappa shape index (κ1) is 16.2. The molecule has 0 radical (unpaired) electrons. The van der Waals surface area contributed by atoms with Gasteiger partial charge in [0.2, 0.25) is 5.91 Å². The Kier molecular flexibility index (Phi) is 7.92. The summed E-state index contributed by atoms with van der Waals surface area (Å²) in [7, 11) is 0. The Labute approximate surface area is 110 Å². The molecule has 4 heteroatoms. The minimum Gasteiger partial charge on any atom is -0.342 e. The first-order valence-corrected chi connectivity index (χ1v) is 5.93. The molecule has 2 N–H and O–H groups in total. The second-order valence-corrected chi connectivity index (χ2v) is 4.42. The molecule has 1 fully saturated rings. The third-order valence-corrected chi connectivity index (χ3v) is 3.18. The van der Waals surface area contributed by atoms with Gasteiger partial charge in [-0.15, -0.1) is 25.6 Å². The molecular formula is C13H23ClN2O. The molecule has 0 aliphatic carbocycles. The zero-order chi connectivity index (χ0) is 12.0. The molecule has 0 spiro atoms. The average molecular weight is 259 g/mol. The summed E-state index contributed by atoms with van der Waals surface area (Å²) in [5.41, 5.74) is 5.62. The quantitative estimate of drug-likeness (QED) is 0.741. The van der Waals surface area contributed by atoms with Crippen molar-refractivity contribution in [3.8, 4) is 0 Å². The highest BCUT2D eigenvalue weighted by Crippen LogP contribution is 2.20. The molecule has 3 nitrogen and oxygen atoms in total. The minimum atomic E-state index is 0. The van der Waals surface area contributed by atoms with Gasteiger partial charge in [0.1, 0.15) is 0 Å². The van der Waals surface area contributed by atoms with E-state index in [4.69, 9.17) is 5.73 Å². The van der Waals surface area contributed by atoms with Crippen LogP contribution in [0.1, 0.15) is 19.3 Å². The lowest BCUT2D eigenvalue weighted by molar-refractivity contribution is -0.134. The highest BCUT2D eigenvalue weighted by Gasteiger charge is 2.28. The highest BCUT2D eigenvalue weighted by molar-refractivity contribution is 5.85. The number of likely N-dealkylation sites (tertiary alicyclic amines) is 1. The van der Waals surface area contributed by atoms with Crippen LogP contribution in [0.5, 0.6) is 0 Å². The lowest BCUT2D eigenvalue weighted by atomic mass is 10.00. The molecule has 1 saturated heterocycles. The Balaban J connectivity index is 0.00000256. The van der Waals surface area contributed by atoms with E-state index < -0.39 is 0 Å². The van der Waals surface area contributed by atoms with Crippen LogP contribution in [0.2, 0.25) is 0 Å². The molecule has 1 atom stereocenters. The molecule has 0 aromatic heterocycles. The van der Waals surface area contributed by atoms with E-state index in [1.807, 2.05) is 17.1 Å². The van der Waals surface area contributed by atoms with E-state index in [0.717, 1.165) is 32.4 Å². The summed E-state index contributed by atoms with van der Waals surface area (Å²) < 4.78 is 0. The van der Waals surface area contributed by atoms with Gasteiger partial charge in [0.15, 0.2) is 0 Å². The highest BCUT2D eigenvalue weighted by atomic mass is 35.5. The van der Waals surface area contributed by atoms with E-state index in [2.05, 4.69) is 13.2 Å². The van der Waals surface area contributed by atoms with Crippen molar-refractivity contribution >= 4 is 18.3 Å². The van der Waals surface area contributed by atoms with Crippen molar-refractivity contribution in [2.24, 2.45) is 17.6 Å². The molecule has 98 valence electrons. The van der Waals surface area contributed by atoms with Crippen molar-refractivity contribution in [3.63, 3.8) is 0 Å². The SMILES string of the molecule is C=CCC(CC=C)C(=O)N1CCC(CN)C1.Cl. The van der Waals surface area contributed by atoms with Crippen molar-refractivity contribution in [1.29, 1.82) is 0 Å². The van der Waals surface area contributed by atoms with Gasteiger partial charge < -0.3 is 10.6 Å². The number of amides is 1. The van der Waals surface area contributed by atoms with Crippen molar-refractivity contribution in [3.05, 3.63) is 25.3 Å².